The molecular formula is C14H20N4O. The van der Waals surface area contributed by atoms with Crippen LogP contribution in [0, 0.1) is 18.3 Å². The molecule has 19 heavy (non-hydrogen) atoms. The molecule has 1 saturated heterocycles. The summed E-state index contributed by atoms with van der Waals surface area (Å²) in [6.45, 7) is 5.31. The van der Waals surface area contributed by atoms with E-state index in [-0.39, 0.29) is 0 Å². The van der Waals surface area contributed by atoms with Crippen molar-refractivity contribution in [2.75, 3.05) is 31.6 Å². The lowest BCUT2D eigenvalue weighted by Crippen LogP contribution is -2.33. The van der Waals surface area contributed by atoms with Gasteiger partial charge in [0.1, 0.15) is 11.9 Å². The van der Waals surface area contributed by atoms with Crippen LogP contribution in [-0.4, -0.2) is 37.3 Å². The van der Waals surface area contributed by atoms with Crippen LogP contribution in [0.25, 0.3) is 0 Å². The zero-order valence-corrected chi connectivity index (χ0v) is 11.3. The molecule has 2 N–H and O–H groups in total. The van der Waals surface area contributed by atoms with Crippen LogP contribution in [0.5, 0.6) is 0 Å². The fourth-order valence-electron chi connectivity index (χ4n) is 2.14. The quantitative estimate of drug-likeness (QED) is 0.784. The highest BCUT2D eigenvalue weighted by Crippen LogP contribution is 2.12. The summed E-state index contributed by atoms with van der Waals surface area (Å²) in [5.74, 6) is 0.649. The fraction of sp³-hybridized carbons (Fsp3) is 0.571. The summed E-state index contributed by atoms with van der Waals surface area (Å²) in [6, 6.07) is 5.77. The first kappa shape index (κ1) is 13.8. The third kappa shape index (κ3) is 4.19. The second-order valence-corrected chi connectivity index (χ2v) is 4.71. The van der Waals surface area contributed by atoms with Crippen molar-refractivity contribution in [2.45, 2.75) is 25.9 Å². The summed E-state index contributed by atoms with van der Waals surface area (Å²) in [6.07, 6.45) is 2.52. The number of rotatable bonds is 5. The zero-order chi connectivity index (χ0) is 13.5. The van der Waals surface area contributed by atoms with Gasteiger partial charge in [0.25, 0.3) is 0 Å². The molecule has 0 spiro atoms. The maximum atomic E-state index is 9.00. The number of aryl methyl sites for hydroxylation is 1. The van der Waals surface area contributed by atoms with Crippen molar-refractivity contribution in [3.63, 3.8) is 0 Å². The summed E-state index contributed by atoms with van der Waals surface area (Å²) >= 11 is 0. The Bertz CT molecular complexity index is 449. The van der Waals surface area contributed by atoms with Gasteiger partial charge in [-0.25, -0.2) is 4.98 Å². The maximum Gasteiger partial charge on any atom is 0.144 e. The molecule has 0 bridgehead atoms. The van der Waals surface area contributed by atoms with Gasteiger partial charge >= 0.3 is 0 Å². The Balaban J connectivity index is 1.76. The molecule has 1 aromatic heterocycles. The third-order valence-corrected chi connectivity index (χ3v) is 3.19. The Morgan fingerprint density at radius 1 is 1.47 bits per heavy atom. The molecule has 1 fully saturated rings. The minimum absolute atomic E-state index is 0.365. The standard InChI is InChI=1S/C14H20N4O/c1-11-2-3-12(10-15)14(18-11)17-8-9-19-13-4-6-16-7-5-13/h2-3,13,16H,4-9H2,1H3,(H,17,18). The van der Waals surface area contributed by atoms with Crippen LogP contribution in [0.3, 0.4) is 0 Å². The van der Waals surface area contributed by atoms with Crippen LogP contribution in [-0.2, 0) is 4.74 Å². The highest BCUT2D eigenvalue weighted by atomic mass is 16.5. The van der Waals surface area contributed by atoms with Gasteiger partial charge in [-0.1, -0.05) is 0 Å². The molecule has 2 rings (SSSR count). The molecule has 1 aliphatic rings. The van der Waals surface area contributed by atoms with Crippen LogP contribution in [0.2, 0.25) is 0 Å². The number of aromatic nitrogens is 1. The van der Waals surface area contributed by atoms with Crippen LogP contribution < -0.4 is 10.6 Å². The molecule has 0 atom stereocenters. The molecule has 102 valence electrons. The predicted octanol–water partition coefficient (Wildman–Crippen LogP) is 1.44. The largest absolute Gasteiger partial charge is 0.376 e. The van der Waals surface area contributed by atoms with Crippen molar-refractivity contribution >= 4 is 5.82 Å². The normalized spacial score (nSPS) is 16.0. The number of nitrogens with one attached hydrogen (secondary N) is 2. The summed E-state index contributed by atoms with van der Waals surface area (Å²) in [4.78, 5) is 4.33. The van der Waals surface area contributed by atoms with Crippen molar-refractivity contribution in [1.29, 1.82) is 5.26 Å². The van der Waals surface area contributed by atoms with Crippen molar-refractivity contribution in [3.05, 3.63) is 23.4 Å². The molecule has 1 aromatic rings. The van der Waals surface area contributed by atoms with E-state index in [0.717, 1.165) is 31.6 Å². The highest BCUT2D eigenvalue weighted by molar-refractivity contribution is 5.52. The Morgan fingerprint density at radius 3 is 3.00 bits per heavy atom. The van der Waals surface area contributed by atoms with E-state index in [1.54, 1.807) is 6.07 Å². The maximum absolute atomic E-state index is 9.00. The van der Waals surface area contributed by atoms with Gasteiger partial charge in [0.2, 0.25) is 0 Å². The van der Waals surface area contributed by atoms with Crippen molar-refractivity contribution in [1.82, 2.24) is 10.3 Å². The molecule has 0 aliphatic carbocycles. The SMILES string of the molecule is Cc1ccc(C#N)c(NCCOC2CCNCC2)n1. The van der Waals surface area contributed by atoms with Gasteiger partial charge in [0.05, 0.1) is 18.3 Å². The number of hydrogen-bond donors (Lipinski definition) is 2. The molecule has 0 aromatic carbocycles. The molecule has 0 radical (unpaired) electrons. The smallest absolute Gasteiger partial charge is 0.144 e. The molecular weight excluding hydrogens is 240 g/mol. The molecule has 5 nitrogen and oxygen atoms in total. The van der Waals surface area contributed by atoms with Crippen molar-refractivity contribution in [3.8, 4) is 6.07 Å². The summed E-state index contributed by atoms with van der Waals surface area (Å²) in [7, 11) is 0. The lowest BCUT2D eigenvalue weighted by molar-refractivity contribution is 0.0394. The molecule has 1 aliphatic heterocycles. The van der Waals surface area contributed by atoms with E-state index < -0.39 is 0 Å². The minimum Gasteiger partial charge on any atom is -0.376 e. The van der Waals surface area contributed by atoms with E-state index in [2.05, 4.69) is 21.7 Å². The Labute approximate surface area is 114 Å². The van der Waals surface area contributed by atoms with E-state index in [9.17, 15) is 0 Å². The first-order chi connectivity index (χ1) is 9.29. The lowest BCUT2D eigenvalue weighted by atomic mass is 10.1. The number of piperidine rings is 1. The van der Waals surface area contributed by atoms with E-state index in [0.29, 0.717) is 30.6 Å². The minimum atomic E-state index is 0.365. The first-order valence-corrected chi connectivity index (χ1v) is 6.73. The van der Waals surface area contributed by atoms with Crippen molar-refractivity contribution < 1.29 is 4.74 Å². The van der Waals surface area contributed by atoms with E-state index in [4.69, 9.17) is 10.00 Å². The van der Waals surface area contributed by atoms with Gasteiger partial charge in [0, 0.05) is 12.2 Å². The third-order valence-electron chi connectivity index (χ3n) is 3.19. The number of nitrogens with zero attached hydrogens (tertiary/aromatic N) is 2. The Kier molecular flexibility index (Phi) is 5.13. The van der Waals surface area contributed by atoms with E-state index >= 15 is 0 Å². The van der Waals surface area contributed by atoms with Crippen LogP contribution in [0.15, 0.2) is 12.1 Å². The number of hydrogen-bond acceptors (Lipinski definition) is 5. The van der Waals surface area contributed by atoms with Crippen LogP contribution in [0.4, 0.5) is 5.82 Å². The van der Waals surface area contributed by atoms with E-state index in [1.165, 1.54) is 0 Å². The second kappa shape index (κ2) is 7.07. The summed E-state index contributed by atoms with van der Waals surface area (Å²) in [5.41, 5.74) is 1.48. The summed E-state index contributed by atoms with van der Waals surface area (Å²) in [5, 5.41) is 15.5. The zero-order valence-electron chi connectivity index (χ0n) is 11.3. The topological polar surface area (TPSA) is 70.0 Å². The monoisotopic (exact) mass is 260 g/mol. The van der Waals surface area contributed by atoms with Gasteiger partial charge in [-0.2, -0.15) is 5.26 Å². The number of pyridine rings is 1. The number of anilines is 1. The average Bonchev–Trinajstić information content (AvgIpc) is 2.45. The van der Waals surface area contributed by atoms with Gasteiger partial charge < -0.3 is 15.4 Å². The number of ether oxygens (including phenoxy) is 1. The van der Waals surface area contributed by atoms with Crippen LogP contribution in [0.1, 0.15) is 24.1 Å². The molecule has 5 heteroatoms. The fourth-order valence-corrected chi connectivity index (χ4v) is 2.14. The first-order valence-electron chi connectivity index (χ1n) is 6.73. The van der Waals surface area contributed by atoms with Crippen LogP contribution >= 0.6 is 0 Å². The van der Waals surface area contributed by atoms with Crippen molar-refractivity contribution in [2.24, 2.45) is 0 Å². The van der Waals surface area contributed by atoms with Gasteiger partial charge in [0.15, 0.2) is 0 Å². The van der Waals surface area contributed by atoms with Gasteiger partial charge in [-0.3, -0.25) is 0 Å². The Morgan fingerprint density at radius 2 is 2.26 bits per heavy atom. The van der Waals surface area contributed by atoms with Gasteiger partial charge in [-0.05, 0) is 45.0 Å². The highest BCUT2D eigenvalue weighted by Gasteiger charge is 2.12. The molecule has 2 heterocycles. The molecule has 0 amide bonds. The average molecular weight is 260 g/mol. The molecule has 0 saturated carbocycles. The van der Waals surface area contributed by atoms with Gasteiger partial charge in [-0.15, -0.1) is 0 Å². The Hall–Kier alpha value is -1.64. The predicted molar refractivity (Wildman–Crippen MR) is 74.0 cm³/mol. The van der Waals surface area contributed by atoms with E-state index in [1.807, 2.05) is 13.0 Å². The number of nitriles is 1. The second-order valence-electron chi connectivity index (χ2n) is 4.71. The molecule has 0 unspecified atom stereocenters. The lowest BCUT2D eigenvalue weighted by Gasteiger charge is -2.23. The summed E-state index contributed by atoms with van der Waals surface area (Å²) < 4.78 is 5.80.